The molecular weight excluding hydrogens is 322 g/mol. The van der Waals surface area contributed by atoms with Crippen molar-refractivity contribution in [2.24, 2.45) is 0 Å². The van der Waals surface area contributed by atoms with E-state index < -0.39 is 6.03 Å². The van der Waals surface area contributed by atoms with Crippen molar-refractivity contribution in [3.8, 4) is 0 Å². The number of fused-ring (bicyclic) bond motifs is 1. The normalized spacial score (nSPS) is 19.8. The molecule has 2 aliphatic heterocycles. The van der Waals surface area contributed by atoms with E-state index in [1.54, 1.807) is 17.3 Å². The van der Waals surface area contributed by atoms with E-state index in [1.165, 1.54) is 0 Å². The predicted molar refractivity (Wildman–Crippen MR) is 87.3 cm³/mol. The highest BCUT2D eigenvalue weighted by molar-refractivity contribution is 6.04. The molecule has 4 rings (SSSR count). The molecule has 8 nitrogen and oxygen atoms in total. The summed E-state index contributed by atoms with van der Waals surface area (Å²) in [5, 5.41) is 2.43. The van der Waals surface area contributed by atoms with E-state index in [-0.39, 0.29) is 30.9 Å². The second kappa shape index (κ2) is 6.04. The zero-order chi connectivity index (χ0) is 17.4. The van der Waals surface area contributed by atoms with Gasteiger partial charge in [0.15, 0.2) is 0 Å². The summed E-state index contributed by atoms with van der Waals surface area (Å²) in [6.07, 6.45) is 5.41. The van der Waals surface area contributed by atoms with Gasteiger partial charge in [-0.15, -0.1) is 0 Å². The molecule has 1 saturated heterocycles. The van der Waals surface area contributed by atoms with Gasteiger partial charge in [0.05, 0.1) is 12.6 Å². The molecular formula is C17H17N5O3. The van der Waals surface area contributed by atoms with Crippen LogP contribution in [0.15, 0.2) is 42.9 Å². The number of carbonyl (C=O) groups is 3. The van der Waals surface area contributed by atoms with E-state index in [9.17, 15) is 14.4 Å². The van der Waals surface area contributed by atoms with Gasteiger partial charge in [0.1, 0.15) is 6.54 Å². The zero-order valence-corrected chi connectivity index (χ0v) is 13.5. The molecule has 0 aliphatic carbocycles. The zero-order valence-electron chi connectivity index (χ0n) is 13.5. The van der Waals surface area contributed by atoms with Crippen molar-refractivity contribution in [1.29, 1.82) is 0 Å². The fourth-order valence-corrected chi connectivity index (χ4v) is 3.38. The lowest BCUT2D eigenvalue weighted by molar-refractivity contribution is -0.138. The Morgan fingerprint density at radius 2 is 2.12 bits per heavy atom. The van der Waals surface area contributed by atoms with Gasteiger partial charge in [-0.1, -0.05) is 6.07 Å². The van der Waals surface area contributed by atoms with E-state index >= 15 is 0 Å². The Balaban J connectivity index is 1.64. The molecule has 1 fully saturated rings. The smallest absolute Gasteiger partial charge is 0.325 e. The van der Waals surface area contributed by atoms with Crippen LogP contribution in [0, 0.1) is 0 Å². The van der Waals surface area contributed by atoms with Crippen LogP contribution >= 0.6 is 0 Å². The van der Waals surface area contributed by atoms with Gasteiger partial charge in [-0.2, -0.15) is 0 Å². The summed E-state index contributed by atoms with van der Waals surface area (Å²) in [7, 11) is 0. The van der Waals surface area contributed by atoms with Crippen LogP contribution in [0.2, 0.25) is 0 Å². The molecule has 0 aromatic carbocycles. The van der Waals surface area contributed by atoms with Crippen LogP contribution in [0.5, 0.6) is 0 Å². The average Bonchev–Trinajstić information content (AvgIpc) is 3.23. The summed E-state index contributed by atoms with van der Waals surface area (Å²) in [4.78, 5) is 43.2. The van der Waals surface area contributed by atoms with Gasteiger partial charge in [0, 0.05) is 37.4 Å². The third-order valence-corrected chi connectivity index (χ3v) is 4.59. The number of pyridine rings is 1. The highest BCUT2D eigenvalue weighted by Gasteiger charge is 2.36. The Morgan fingerprint density at radius 1 is 1.24 bits per heavy atom. The molecule has 0 spiro atoms. The van der Waals surface area contributed by atoms with Crippen molar-refractivity contribution in [3.05, 3.63) is 54.1 Å². The van der Waals surface area contributed by atoms with Crippen molar-refractivity contribution < 1.29 is 14.4 Å². The monoisotopic (exact) mass is 339 g/mol. The van der Waals surface area contributed by atoms with Crippen molar-refractivity contribution in [2.45, 2.75) is 12.6 Å². The average molecular weight is 339 g/mol. The minimum Gasteiger partial charge on any atom is -0.348 e. The van der Waals surface area contributed by atoms with E-state index in [4.69, 9.17) is 0 Å². The van der Waals surface area contributed by atoms with Crippen LogP contribution in [0.25, 0.3) is 0 Å². The first kappa shape index (κ1) is 15.4. The number of carbonyl (C=O) groups excluding carboxylic acids is 3. The lowest BCUT2D eigenvalue weighted by atomic mass is 10.0. The third kappa shape index (κ3) is 2.65. The summed E-state index contributed by atoms with van der Waals surface area (Å²) in [6, 6.07) is 6.88. The maximum absolute atomic E-state index is 12.9. The summed E-state index contributed by atoms with van der Waals surface area (Å²) in [5.74, 6) is -0.636. The lowest BCUT2D eigenvalue weighted by Gasteiger charge is -2.37. The van der Waals surface area contributed by atoms with E-state index in [2.05, 4.69) is 14.9 Å². The lowest BCUT2D eigenvalue weighted by Crippen LogP contribution is -2.48. The number of hydrogen-bond donors (Lipinski definition) is 1. The molecule has 8 heteroatoms. The maximum atomic E-state index is 12.9. The number of aromatic nitrogens is 2. The van der Waals surface area contributed by atoms with Crippen LogP contribution in [-0.2, 0) is 16.1 Å². The van der Waals surface area contributed by atoms with Gasteiger partial charge in [0.25, 0.3) is 5.91 Å². The first-order valence-corrected chi connectivity index (χ1v) is 8.08. The van der Waals surface area contributed by atoms with E-state index in [1.807, 2.05) is 30.5 Å². The molecule has 1 atom stereocenters. The number of amides is 4. The summed E-state index contributed by atoms with van der Waals surface area (Å²) in [6.45, 7) is 0.873. The van der Waals surface area contributed by atoms with E-state index in [0.29, 0.717) is 13.1 Å². The molecule has 2 aromatic rings. The molecule has 4 amide bonds. The van der Waals surface area contributed by atoms with Gasteiger partial charge in [-0.3, -0.25) is 19.5 Å². The van der Waals surface area contributed by atoms with Crippen LogP contribution < -0.4 is 5.32 Å². The Labute approximate surface area is 144 Å². The molecule has 1 unspecified atom stereocenters. The second-order valence-electron chi connectivity index (χ2n) is 6.04. The number of nitrogens with one attached hydrogen (secondary N) is 1. The van der Waals surface area contributed by atoms with Crippen molar-refractivity contribution >= 4 is 17.8 Å². The van der Waals surface area contributed by atoms with Crippen LogP contribution in [0.3, 0.4) is 0 Å². The molecule has 25 heavy (non-hydrogen) atoms. The molecule has 0 bridgehead atoms. The van der Waals surface area contributed by atoms with Crippen molar-refractivity contribution in [1.82, 2.24) is 24.7 Å². The first-order valence-electron chi connectivity index (χ1n) is 8.08. The van der Waals surface area contributed by atoms with Gasteiger partial charge < -0.3 is 14.8 Å². The molecule has 4 heterocycles. The van der Waals surface area contributed by atoms with Crippen molar-refractivity contribution in [3.63, 3.8) is 0 Å². The maximum Gasteiger partial charge on any atom is 0.325 e. The highest BCUT2D eigenvalue weighted by Crippen LogP contribution is 2.32. The SMILES string of the molecule is O=C1CNC(=O)N1CC(=O)N1CCn2cccc2C1c1cccnc1. The Hall–Kier alpha value is -3.16. The van der Waals surface area contributed by atoms with Gasteiger partial charge in [-0.05, 0) is 23.8 Å². The van der Waals surface area contributed by atoms with Gasteiger partial charge in [0.2, 0.25) is 5.91 Å². The number of imide groups is 1. The molecule has 0 radical (unpaired) electrons. The standard InChI is InChI=1S/C17H17N5O3/c23-14-10-19-17(25)22(14)11-15(24)21-8-7-20-6-2-4-13(20)16(21)12-3-1-5-18-9-12/h1-6,9,16H,7-8,10-11H2,(H,19,25). The Bertz CT molecular complexity index is 816. The summed E-state index contributed by atoms with van der Waals surface area (Å²) >= 11 is 0. The Kier molecular flexibility index (Phi) is 3.72. The van der Waals surface area contributed by atoms with Crippen LogP contribution in [0.1, 0.15) is 17.3 Å². The van der Waals surface area contributed by atoms with Crippen LogP contribution in [0.4, 0.5) is 4.79 Å². The predicted octanol–water partition coefficient (Wildman–Crippen LogP) is 0.366. The Morgan fingerprint density at radius 3 is 2.84 bits per heavy atom. The number of hydrogen-bond acceptors (Lipinski definition) is 4. The largest absolute Gasteiger partial charge is 0.348 e. The number of rotatable bonds is 3. The van der Waals surface area contributed by atoms with Crippen molar-refractivity contribution in [2.75, 3.05) is 19.6 Å². The second-order valence-corrected chi connectivity index (χ2v) is 6.04. The minimum absolute atomic E-state index is 0.0546. The molecule has 128 valence electrons. The fourth-order valence-electron chi connectivity index (χ4n) is 3.38. The number of urea groups is 1. The quantitative estimate of drug-likeness (QED) is 0.818. The highest BCUT2D eigenvalue weighted by atomic mass is 16.2. The fraction of sp³-hybridized carbons (Fsp3) is 0.294. The summed E-state index contributed by atoms with van der Waals surface area (Å²) < 4.78 is 2.11. The molecule has 1 N–H and O–H groups in total. The van der Waals surface area contributed by atoms with E-state index in [0.717, 1.165) is 16.2 Å². The summed E-state index contributed by atoms with van der Waals surface area (Å²) in [5.41, 5.74) is 1.89. The van der Waals surface area contributed by atoms with Gasteiger partial charge in [-0.25, -0.2) is 4.79 Å². The van der Waals surface area contributed by atoms with Gasteiger partial charge >= 0.3 is 6.03 Å². The number of nitrogens with zero attached hydrogens (tertiary/aromatic N) is 4. The first-order chi connectivity index (χ1) is 12.1. The molecule has 2 aromatic heterocycles. The topological polar surface area (TPSA) is 87.5 Å². The third-order valence-electron chi connectivity index (χ3n) is 4.59. The molecule has 2 aliphatic rings. The minimum atomic E-state index is -0.517. The van der Waals surface area contributed by atoms with Crippen LogP contribution in [-0.4, -0.2) is 56.8 Å². The molecule has 0 saturated carbocycles.